The maximum atomic E-state index is 6.66. The van der Waals surface area contributed by atoms with Crippen molar-refractivity contribution in [1.29, 1.82) is 0 Å². The van der Waals surface area contributed by atoms with E-state index in [1.807, 2.05) is 18.3 Å². The Morgan fingerprint density at radius 1 is 1.19 bits per heavy atom. The molecule has 7 nitrogen and oxygen atoms in total. The van der Waals surface area contributed by atoms with E-state index in [1.54, 1.807) is 11.8 Å². The summed E-state index contributed by atoms with van der Waals surface area (Å²) < 4.78 is 18.8. The number of benzene rings is 1. The Morgan fingerprint density at radius 3 is 2.61 bits per heavy atom. The molecule has 1 aromatic carbocycles. The summed E-state index contributed by atoms with van der Waals surface area (Å²) in [5, 5.41) is 3.89. The molecule has 0 radical (unpaired) electrons. The summed E-state index contributed by atoms with van der Waals surface area (Å²) in [6.07, 6.45) is 8.28. The molecule has 36 heavy (non-hydrogen) atoms. The maximum Gasteiger partial charge on any atom is 0.238 e. The molecule has 200 valence electrons. The van der Waals surface area contributed by atoms with Gasteiger partial charge in [0.15, 0.2) is 14.1 Å². The van der Waals surface area contributed by atoms with Gasteiger partial charge in [-0.3, -0.25) is 5.43 Å². The first-order valence-electron chi connectivity index (χ1n) is 13.0. The molecule has 2 aliphatic rings. The molecule has 10 heteroatoms. The zero-order valence-corrected chi connectivity index (χ0v) is 25.0. The fourth-order valence-corrected chi connectivity index (χ4v) is 6.78. The zero-order valence-electron chi connectivity index (χ0n) is 22.5. The number of halogens is 1. The van der Waals surface area contributed by atoms with Crippen molar-refractivity contribution in [2.45, 2.75) is 82.8 Å². The third-order valence-electron chi connectivity index (χ3n) is 7.66. The number of fused-ring (bicyclic) bond motifs is 1. The highest BCUT2D eigenvalue weighted by atomic mass is 35.5. The third-order valence-corrected chi connectivity index (χ3v) is 13.2. The first-order valence-corrected chi connectivity index (χ1v) is 17.6. The molecule has 1 unspecified atom stereocenters. The van der Waals surface area contributed by atoms with Crippen LogP contribution in [-0.2, 0) is 9.16 Å². The molecule has 2 aromatic rings. The molecule has 1 aromatic heterocycles. The lowest BCUT2D eigenvalue weighted by molar-refractivity contribution is 0.0138. The van der Waals surface area contributed by atoms with Crippen LogP contribution in [0, 0.1) is 0 Å². The molecule has 2 fully saturated rings. The van der Waals surface area contributed by atoms with Gasteiger partial charge < -0.3 is 13.9 Å². The molecule has 1 atom stereocenters. The Kier molecular flexibility index (Phi) is 9.11. The molecule has 0 bridgehead atoms. The standard InChI is InChI=1S/C26H41ClN4O3SSi/c1-26(2,3)36(5,6)34-21-10-8-20(9-11-21)33-24-22(27)12-7-18-15-28-25(29-23(18)24)30-31-13-14-32-16-19(31)17-35-4/h7,12,15,19-21H,8-11,13-14,16-17H2,1-6H3,(H,28,29,30). The first kappa shape index (κ1) is 27.9. The van der Waals surface area contributed by atoms with Gasteiger partial charge in [-0.2, -0.15) is 11.8 Å². The van der Waals surface area contributed by atoms with Crippen molar-refractivity contribution < 1.29 is 13.9 Å². The van der Waals surface area contributed by atoms with Gasteiger partial charge >= 0.3 is 0 Å². The fraction of sp³-hybridized carbons (Fsp3) is 0.692. The number of ether oxygens (including phenoxy) is 2. The Morgan fingerprint density at radius 2 is 1.92 bits per heavy atom. The van der Waals surface area contributed by atoms with Crippen LogP contribution >= 0.6 is 23.4 Å². The Labute approximate surface area is 226 Å². The minimum atomic E-state index is -1.77. The van der Waals surface area contributed by atoms with Crippen LogP contribution in [0.25, 0.3) is 10.9 Å². The summed E-state index contributed by atoms with van der Waals surface area (Å²) in [5.74, 6) is 2.17. The van der Waals surface area contributed by atoms with E-state index in [1.165, 1.54) is 0 Å². The summed E-state index contributed by atoms with van der Waals surface area (Å²) in [6, 6.07) is 4.09. The lowest BCUT2D eigenvalue weighted by Crippen LogP contribution is -2.50. The average Bonchev–Trinajstić information content (AvgIpc) is 2.83. The van der Waals surface area contributed by atoms with Gasteiger partial charge in [0.05, 0.1) is 30.4 Å². The number of thioether (sulfide) groups is 1. The highest BCUT2D eigenvalue weighted by Gasteiger charge is 2.40. The van der Waals surface area contributed by atoms with Crippen LogP contribution in [0.3, 0.4) is 0 Å². The van der Waals surface area contributed by atoms with Crippen LogP contribution in [0.5, 0.6) is 5.75 Å². The van der Waals surface area contributed by atoms with Gasteiger partial charge in [-0.05, 0) is 62.2 Å². The summed E-state index contributed by atoms with van der Waals surface area (Å²) >= 11 is 8.45. The molecule has 1 aliphatic carbocycles. The molecule has 1 saturated carbocycles. The second kappa shape index (κ2) is 11.7. The molecule has 1 N–H and O–H groups in total. The van der Waals surface area contributed by atoms with E-state index in [-0.39, 0.29) is 17.2 Å². The normalized spacial score (nSPS) is 24.1. The fourth-order valence-electron chi connectivity index (χ4n) is 4.50. The quantitative estimate of drug-likeness (QED) is 0.378. The Bertz CT molecular complexity index is 1030. The number of hydrazine groups is 1. The van der Waals surface area contributed by atoms with Gasteiger partial charge in [-0.15, -0.1) is 0 Å². The van der Waals surface area contributed by atoms with E-state index in [9.17, 15) is 0 Å². The van der Waals surface area contributed by atoms with Crippen LogP contribution in [0.4, 0.5) is 5.95 Å². The average molecular weight is 553 g/mol. The maximum absolute atomic E-state index is 6.66. The topological polar surface area (TPSA) is 68.7 Å². The smallest absolute Gasteiger partial charge is 0.238 e. The van der Waals surface area contributed by atoms with Gasteiger partial charge in [-0.25, -0.2) is 15.0 Å². The largest absolute Gasteiger partial charge is 0.487 e. The van der Waals surface area contributed by atoms with Crippen molar-refractivity contribution in [3.63, 3.8) is 0 Å². The lowest BCUT2D eigenvalue weighted by atomic mass is 9.95. The third kappa shape index (κ3) is 6.66. The lowest BCUT2D eigenvalue weighted by Gasteiger charge is -2.41. The zero-order chi connectivity index (χ0) is 25.9. The molecule has 1 saturated heterocycles. The van der Waals surface area contributed by atoms with E-state index in [4.69, 9.17) is 30.5 Å². The molecule has 0 amide bonds. The number of hydrogen-bond acceptors (Lipinski definition) is 8. The van der Waals surface area contributed by atoms with Gasteiger partial charge in [0.2, 0.25) is 5.95 Å². The predicted molar refractivity (Wildman–Crippen MR) is 153 cm³/mol. The van der Waals surface area contributed by atoms with Gasteiger partial charge in [0.1, 0.15) is 5.52 Å². The second-order valence-electron chi connectivity index (χ2n) is 11.4. The summed E-state index contributed by atoms with van der Waals surface area (Å²) in [4.78, 5) is 9.39. The molecule has 1 aliphatic heterocycles. The van der Waals surface area contributed by atoms with E-state index >= 15 is 0 Å². The minimum Gasteiger partial charge on any atom is -0.487 e. The van der Waals surface area contributed by atoms with Crippen LogP contribution in [0.2, 0.25) is 23.2 Å². The predicted octanol–water partition coefficient (Wildman–Crippen LogP) is 6.39. The van der Waals surface area contributed by atoms with Crippen molar-refractivity contribution in [3.8, 4) is 5.75 Å². The van der Waals surface area contributed by atoms with Crippen molar-refractivity contribution in [3.05, 3.63) is 23.4 Å². The van der Waals surface area contributed by atoms with E-state index < -0.39 is 8.32 Å². The summed E-state index contributed by atoms with van der Waals surface area (Å²) in [6.45, 7) is 13.7. The van der Waals surface area contributed by atoms with Crippen LogP contribution in [0.15, 0.2) is 18.3 Å². The van der Waals surface area contributed by atoms with Gasteiger partial charge in [0, 0.05) is 30.0 Å². The molecular formula is C26H41ClN4O3SSi. The Hall–Kier alpha value is -1.10. The summed E-state index contributed by atoms with van der Waals surface area (Å²) in [7, 11) is -1.77. The SMILES string of the molecule is CSCC1COCCN1Nc1ncc2ccc(Cl)c(OC3CCC(O[Si](C)(C)C(C)(C)C)CC3)c2n1. The second-order valence-corrected chi connectivity index (χ2v) is 17.5. The van der Waals surface area contributed by atoms with E-state index in [0.29, 0.717) is 36.0 Å². The monoisotopic (exact) mass is 552 g/mol. The van der Waals surface area contributed by atoms with Crippen LogP contribution < -0.4 is 10.2 Å². The Balaban J connectivity index is 1.45. The van der Waals surface area contributed by atoms with Crippen LogP contribution in [-0.4, -0.2) is 73.3 Å². The molecule has 0 spiro atoms. The van der Waals surface area contributed by atoms with Gasteiger partial charge in [0.25, 0.3) is 0 Å². The number of rotatable bonds is 8. The van der Waals surface area contributed by atoms with Crippen LogP contribution in [0.1, 0.15) is 46.5 Å². The summed E-state index contributed by atoms with van der Waals surface area (Å²) in [5.41, 5.74) is 4.15. The highest BCUT2D eigenvalue weighted by molar-refractivity contribution is 7.98. The highest BCUT2D eigenvalue weighted by Crippen LogP contribution is 2.40. The first-order chi connectivity index (χ1) is 17.1. The van der Waals surface area contributed by atoms with E-state index in [2.05, 4.69) is 55.5 Å². The number of nitrogens with zero attached hydrogens (tertiary/aromatic N) is 3. The molecular weight excluding hydrogens is 512 g/mol. The van der Waals surface area contributed by atoms with Crippen molar-refractivity contribution >= 4 is 48.5 Å². The number of anilines is 1. The molecule has 4 rings (SSSR count). The molecule has 2 heterocycles. The van der Waals surface area contributed by atoms with E-state index in [0.717, 1.165) is 48.9 Å². The number of hydrogen-bond donors (Lipinski definition) is 1. The van der Waals surface area contributed by atoms with Crippen molar-refractivity contribution in [2.75, 3.05) is 37.2 Å². The number of aromatic nitrogens is 2. The minimum absolute atomic E-state index is 0.101. The van der Waals surface area contributed by atoms with Crippen molar-refractivity contribution in [1.82, 2.24) is 15.0 Å². The number of morpholine rings is 1. The number of nitrogens with one attached hydrogen (secondary N) is 1. The van der Waals surface area contributed by atoms with Crippen molar-refractivity contribution in [2.24, 2.45) is 0 Å². The van der Waals surface area contributed by atoms with Gasteiger partial charge in [-0.1, -0.05) is 32.4 Å².